The van der Waals surface area contributed by atoms with Gasteiger partial charge in [0.05, 0.1) is 6.10 Å². The zero-order valence-electron chi connectivity index (χ0n) is 14.7. The van der Waals surface area contributed by atoms with Crippen LogP contribution in [0.3, 0.4) is 0 Å². The van der Waals surface area contributed by atoms with Crippen LogP contribution in [0.5, 0.6) is 5.75 Å². The second kappa shape index (κ2) is 6.09. The minimum absolute atomic E-state index is 0.102. The van der Waals surface area contributed by atoms with Crippen LogP contribution >= 0.6 is 11.8 Å². The Morgan fingerprint density at radius 1 is 0.955 bits per heavy atom. The lowest BCUT2D eigenvalue weighted by Crippen LogP contribution is -2.18. The number of phenols is 1. The molecule has 0 spiro atoms. The predicted octanol–water partition coefficient (Wildman–Crippen LogP) is 4.99. The number of benzene rings is 1. The van der Waals surface area contributed by atoms with Crippen LogP contribution in [0, 0.1) is 0 Å². The molecule has 1 aliphatic rings. The lowest BCUT2D eigenvalue weighted by atomic mass is 9.79. The quantitative estimate of drug-likeness (QED) is 0.805. The average Bonchev–Trinajstić information content (AvgIpc) is 2.74. The van der Waals surface area contributed by atoms with Crippen LogP contribution in [0.2, 0.25) is 0 Å². The second-order valence-corrected chi connectivity index (χ2v) is 9.83. The first-order valence-electron chi connectivity index (χ1n) is 8.23. The monoisotopic (exact) mass is 322 g/mol. The van der Waals surface area contributed by atoms with Crippen molar-refractivity contribution in [3.8, 4) is 5.75 Å². The van der Waals surface area contributed by atoms with E-state index in [2.05, 4.69) is 53.7 Å². The summed E-state index contributed by atoms with van der Waals surface area (Å²) in [6.45, 7) is 12.8. The van der Waals surface area contributed by atoms with Crippen molar-refractivity contribution in [2.45, 2.75) is 87.9 Å². The molecule has 124 valence electrons. The largest absolute Gasteiger partial charge is 0.507 e. The molecule has 2 rings (SSSR count). The number of phenolic OH excluding ortho intramolecular Hbond substituents is 1. The molecular weight excluding hydrogens is 292 g/mol. The van der Waals surface area contributed by atoms with Gasteiger partial charge in [0.15, 0.2) is 0 Å². The fourth-order valence-electron chi connectivity index (χ4n) is 3.04. The molecule has 22 heavy (non-hydrogen) atoms. The van der Waals surface area contributed by atoms with Gasteiger partial charge in [-0.2, -0.15) is 0 Å². The highest BCUT2D eigenvalue weighted by molar-refractivity contribution is 8.00. The zero-order chi connectivity index (χ0) is 16.7. The Hall–Kier alpha value is -0.670. The third kappa shape index (κ3) is 3.80. The molecule has 1 aliphatic carbocycles. The summed E-state index contributed by atoms with van der Waals surface area (Å²) in [4.78, 5) is 1.17. The smallest absolute Gasteiger partial charge is 0.123 e. The molecule has 1 fully saturated rings. The third-order valence-corrected chi connectivity index (χ3v) is 5.77. The van der Waals surface area contributed by atoms with Gasteiger partial charge in [0.25, 0.3) is 0 Å². The van der Waals surface area contributed by atoms with Crippen LogP contribution in [0.25, 0.3) is 0 Å². The van der Waals surface area contributed by atoms with Gasteiger partial charge in [0.1, 0.15) is 5.75 Å². The van der Waals surface area contributed by atoms with Crippen molar-refractivity contribution in [1.29, 1.82) is 0 Å². The van der Waals surface area contributed by atoms with E-state index in [1.54, 1.807) is 11.8 Å². The highest BCUT2D eigenvalue weighted by Gasteiger charge is 2.30. The van der Waals surface area contributed by atoms with Gasteiger partial charge in [-0.3, -0.25) is 0 Å². The van der Waals surface area contributed by atoms with Crippen molar-refractivity contribution >= 4 is 11.8 Å². The second-order valence-electron chi connectivity index (χ2n) is 8.52. The van der Waals surface area contributed by atoms with Gasteiger partial charge in [0, 0.05) is 21.3 Å². The summed E-state index contributed by atoms with van der Waals surface area (Å²) in [5.41, 5.74) is 1.79. The maximum atomic E-state index is 10.7. The average molecular weight is 323 g/mol. The Labute approximate surface area is 139 Å². The van der Waals surface area contributed by atoms with E-state index < -0.39 is 0 Å². The summed E-state index contributed by atoms with van der Waals surface area (Å²) < 4.78 is 0. The van der Waals surface area contributed by atoms with Gasteiger partial charge in [-0.05, 0) is 42.2 Å². The standard InChI is InChI=1S/C19H30O2S/c1-18(2,3)13-10-12(22-16-9-7-8-15(16)20)11-14(17(13)21)19(4,5)6/h10-11,15-16,20-21H,7-9H2,1-6H3. The minimum Gasteiger partial charge on any atom is -0.507 e. The zero-order valence-corrected chi connectivity index (χ0v) is 15.5. The number of hydrogen-bond donors (Lipinski definition) is 2. The summed E-state index contributed by atoms with van der Waals surface area (Å²) in [6, 6.07) is 4.22. The van der Waals surface area contributed by atoms with E-state index >= 15 is 0 Å². The molecule has 1 aromatic carbocycles. The normalized spacial score (nSPS) is 23.0. The number of thioether (sulfide) groups is 1. The third-order valence-electron chi connectivity index (χ3n) is 4.40. The summed E-state index contributed by atoms with van der Waals surface area (Å²) in [5.74, 6) is 0.427. The lowest BCUT2D eigenvalue weighted by Gasteiger charge is -2.28. The van der Waals surface area contributed by atoms with E-state index in [1.807, 2.05) is 0 Å². The van der Waals surface area contributed by atoms with Crippen molar-refractivity contribution in [3.05, 3.63) is 23.3 Å². The number of aliphatic hydroxyl groups is 1. The minimum atomic E-state index is -0.199. The molecule has 2 nitrogen and oxygen atoms in total. The number of rotatable bonds is 2. The van der Waals surface area contributed by atoms with E-state index in [9.17, 15) is 10.2 Å². The number of hydrogen-bond acceptors (Lipinski definition) is 3. The molecule has 0 saturated heterocycles. The maximum absolute atomic E-state index is 10.7. The Morgan fingerprint density at radius 2 is 1.45 bits per heavy atom. The van der Waals surface area contributed by atoms with Crippen molar-refractivity contribution in [2.24, 2.45) is 0 Å². The Bertz CT molecular complexity index is 502. The highest BCUT2D eigenvalue weighted by atomic mass is 32.2. The summed E-state index contributed by atoms with van der Waals surface area (Å²) in [6.07, 6.45) is 2.89. The Morgan fingerprint density at radius 3 is 1.82 bits per heavy atom. The fourth-order valence-corrected chi connectivity index (χ4v) is 4.34. The Kier molecular flexibility index (Phi) is 4.89. The molecule has 2 N–H and O–H groups in total. The van der Waals surface area contributed by atoms with Crippen LogP contribution in [-0.4, -0.2) is 21.6 Å². The first kappa shape index (κ1) is 17.7. The van der Waals surface area contributed by atoms with E-state index in [0.717, 1.165) is 30.4 Å². The molecule has 2 atom stereocenters. The van der Waals surface area contributed by atoms with Crippen molar-refractivity contribution < 1.29 is 10.2 Å². The van der Waals surface area contributed by atoms with Gasteiger partial charge >= 0.3 is 0 Å². The van der Waals surface area contributed by atoms with Crippen molar-refractivity contribution in [2.75, 3.05) is 0 Å². The number of aromatic hydroxyl groups is 1. The topological polar surface area (TPSA) is 40.5 Å². The Balaban J connectivity index is 2.46. The van der Waals surface area contributed by atoms with E-state index in [0.29, 0.717) is 5.75 Å². The molecular formula is C19H30O2S. The van der Waals surface area contributed by atoms with Crippen LogP contribution < -0.4 is 0 Å². The molecule has 1 aromatic rings. The van der Waals surface area contributed by atoms with Crippen molar-refractivity contribution in [1.82, 2.24) is 0 Å². The predicted molar refractivity (Wildman–Crippen MR) is 95.0 cm³/mol. The molecule has 0 heterocycles. The molecule has 0 bridgehead atoms. The summed E-state index contributed by atoms with van der Waals surface area (Å²) >= 11 is 1.77. The van der Waals surface area contributed by atoms with E-state index in [1.165, 1.54) is 4.90 Å². The molecule has 2 unspecified atom stereocenters. The molecule has 3 heteroatoms. The molecule has 0 aromatic heterocycles. The van der Waals surface area contributed by atoms with Crippen LogP contribution in [0.1, 0.15) is 71.9 Å². The molecule has 0 amide bonds. The van der Waals surface area contributed by atoms with Gasteiger partial charge in [-0.1, -0.05) is 41.5 Å². The molecule has 1 saturated carbocycles. The molecule has 0 aliphatic heterocycles. The first-order valence-corrected chi connectivity index (χ1v) is 9.11. The van der Waals surface area contributed by atoms with Gasteiger partial charge < -0.3 is 10.2 Å². The van der Waals surface area contributed by atoms with Gasteiger partial charge in [-0.15, -0.1) is 11.8 Å². The molecule has 0 radical (unpaired) electrons. The van der Waals surface area contributed by atoms with E-state index in [4.69, 9.17) is 0 Å². The fraction of sp³-hybridized carbons (Fsp3) is 0.684. The van der Waals surface area contributed by atoms with Crippen molar-refractivity contribution in [3.63, 3.8) is 0 Å². The maximum Gasteiger partial charge on any atom is 0.123 e. The summed E-state index contributed by atoms with van der Waals surface area (Å²) in [5, 5.41) is 21.1. The first-order chi connectivity index (χ1) is 10.00. The van der Waals surface area contributed by atoms with Crippen LogP contribution in [0.4, 0.5) is 0 Å². The van der Waals surface area contributed by atoms with Crippen LogP contribution in [0.15, 0.2) is 17.0 Å². The van der Waals surface area contributed by atoms with Gasteiger partial charge in [0.2, 0.25) is 0 Å². The highest BCUT2D eigenvalue weighted by Crippen LogP contribution is 2.44. The SMILES string of the molecule is CC(C)(C)c1cc(SC2CCCC2O)cc(C(C)(C)C)c1O. The lowest BCUT2D eigenvalue weighted by molar-refractivity contribution is 0.188. The van der Waals surface area contributed by atoms with Gasteiger partial charge in [-0.25, -0.2) is 0 Å². The summed E-state index contributed by atoms with van der Waals surface area (Å²) in [7, 11) is 0. The van der Waals surface area contributed by atoms with E-state index in [-0.39, 0.29) is 22.2 Å². The number of aliphatic hydroxyl groups excluding tert-OH is 1. The van der Waals surface area contributed by atoms with Crippen LogP contribution in [-0.2, 0) is 10.8 Å².